The predicted octanol–water partition coefficient (Wildman–Crippen LogP) is 2.51. The number of nitrogens with one attached hydrogen (secondary N) is 1. The number of carboxylic acids is 1. The second-order valence-electron chi connectivity index (χ2n) is 6.45. The van der Waals surface area contributed by atoms with Gasteiger partial charge < -0.3 is 10.8 Å². The summed E-state index contributed by atoms with van der Waals surface area (Å²) in [4.78, 5) is 10.7. The molecule has 22 heavy (non-hydrogen) atoms. The van der Waals surface area contributed by atoms with Crippen LogP contribution in [0.4, 0.5) is 0 Å². The van der Waals surface area contributed by atoms with Gasteiger partial charge in [0.1, 0.15) is 6.04 Å². The van der Waals surface area contributed by atoms with Gasteiger partial charge in [-0.25, -0.2) is 4.21 Å². The van der Waals surface area contributed by atoms with Crippen LogP contribution in [0.15, 0.2) is 24.3 Å². The molecule has 0 saturated heterocycles. The summed E-state index contributed by atoms with van der Waals surface area (Å²) in [6.45, 7) is 6.16. The van der Waals surface area contributed by atoms with Gasteiger partial charge in [0.25, 0.3) is 0 Å². The Labute approximate surface area is 132 Å². The maximum absolute atomic E-state index is 12.3. The Kier molecular flexibility index (Phi) is 6.14. The number of carboxylic acid groups (broad SMARTS) is 1. The topological polar surface area (TPSA) is 104 Å². The van der Waals surface area contributed by atoms with Gasteiger partial charge in [-0.2, -0.15) is 0 Å². The molecule has 4 N–H and O–H groups in total. The standard InChI is InChI=1S/C16H26N2O3S/c1-12-4-6-13(7-5-12)16(2,3)9-11-22(18,21)10-8-14(17)15(19)20/h4-7,14,18H,8-11,17H2,1-3H3,(H,19,20)/t14-,22?/m0/s1. The van der Waals surface area contributed by atoms with E-state index >= 15 is 0 Å². The SMILES string of the molecule is Cc1ccc(C(C)(C)CCS(=N)(=O)CC[C@H](N)C(=O)O)cc1. The van der Waals surface area contributed by atoms with Gasteiger partial charge in [0.2, 0.25) is 0 Å². The van der Waals surface area contributed by atoms with E-state index in [0.29, 0.717) is 6.42 Å². The lowest BCUT2D eigenvalue weighted by Gasteiger charge is -2.26. The van der Waals surface area contributed by atoms with Crippen molar-refractivity contribution in [1.82, 2.24) is 0 Å². The molecule has 0 heterocycles. The second kappa shape index (κ2) is 7.24. The van der Waals surface area contributed by atoms with Crippen molar-refractivity contribution in [3.8, 4) is 0 Å². The highest BCUT2D eigenvalue weighted by Crippen LogP contribution is 2.28. The van der Waals surface area contributed by atoms with Crippen molar-refractivity contribution in [2.75, 3.05) is 11.5 Å². The Morgan fingerprint density at radius 1 is 1.32 bits per heavy atom. The highest BCUT2D eigenvalue weighted by molar-refractivity contribution is 7.92. The van der Waals surface area contributed by atoms with Crippen molar-refractivity contribution < 1.29 is 14.1 Å². The summed E-state index contributed by atoms with van der Waals surface area (Å²) in [7, 11) is -2.80. The van der Waals surface area contributed by atoms with E-state index in [0.717, 1.165) is 5.56 Å². The van der Waals surface area contributed by atoms with Gasteiger partial charge in [-0.05, 0) is 30.7 Å². The van der Waals surface area contributed by atoms with Gasteiger partial charge >= 0.3 is 5.97 Å². The molecule has 0 aromatic heterocycles. The Bertz CT molecular complexity index is 607. The first-order valence-corrected chi connectivity index (χ1v) is 9.23. The first-order valence-electron chi connectivity index (χ1n) is 7.33. The molecule has 1 aromatic rings. The summed E-state index contributed by atoms with van der Waals surface area (Å²) >= 11 is 0. The third-order valence-electron chi connectivity index (χ3n) is 3.97. The summed E-state index contributed by atoms with van der Waals surface area (Å²) in [5.74, 6) is -0.833. The van der Waals surface area contributed by atoms with Crippen LogP contribution in [0.1, 0.15) is 37.8 Å². The van der Waals surface area contributed by atoms with Crippen LogP contribution < -0.4 is 5.73 Å². The number of hydrogen-bond acceptors (Lipinski definition) is 4. The Hall–Kier alpha value is -1.40. The van der Waals surface area contributed by atoms with E-state index < -0.39 is 21.7 Å². The van der Waals surface area contributed by atoms with Crippen LogP contribution in [0.2, 0.25) is 0 Å². The van der Waals surface area contributed by atoms with Crippen molar-refractivity contribution >= 4 is 15.7 Å². The van der Waals surface area contributed by atoms with Crippen molar-refractivity contribution in [2.45, 2.75) is 45.1 Å². The van der Waals surface area contributed by atoms with E-state index in [-0.39, 0.29) is 23.3 Å². The molecule has 1 unspecified atom stereocenters. The molecule has 0 saturated carbocycles. The average molecular weight is 326 g/mol. The molecule has 124 valence electrons. The quantitative estimate of drug-likeness (QED) is 0.682. The Morgan fingerprint density at radius 3 is 2.36 bits per heavy atom. The van der Waals surface area contributed by atoms with Crippen molar-refractivity contribution in [3.63, 3.8) is 0 Å². The fourth-order valence-corrected chi connectivity index (χ4v) is 3.79. The Morgan fingerprint density at radius 2 is 1.86 bits per heavy atom. The molecule has 5 nitrogen and oxygen atoms in total. The second-order valence-corrected chi connectivity index (χ2v) is 8.89. The van der Waals surface area contributed by atoms with Crippen molar-refractivity contribution in [1.29, 1.82) is 4.78 Å². The van der Waals surface area contributed by atoms with Crippen LogP contribution in [0.25, 0.3) is 0 Å². The van der Waals surface area contributed by atoms with Crippen LogP contribution in [0.3, 0.4) is 0 Å². The number of rotatable bonds is 8. The lowest BCUT2D eigenvalue weighted by atomic mass is 9.82. The van der Waals surface area contributed by atoms with Gasteiger partial charge in [0.15, 0.2) is 0 Å². The van der Waals surface area contributed by atoms with Crippen LogP contribution in [0, 0.1) is 11.7 Å². The highest BCUT2D eigenvalue weighted by Gasteiger charge is 2.23. The van der Waals surface area contributed by atoms with Crippen molar-refractivity contribution in [3.05, 3.63) is 35.4 Å². The molecule has 0 aliphatic rings. The number of hydrogen-bond donors (Lipinski definition) is 3. The summed E-state index contributed by atoms with van der Waals surface area (Å²) < 4.78 is 20.2. The summed E-state index contributed by atoms with van der Waals surface area (Å²) in [6.07, 6.45) is 0.684. The summed E-state index contributed by atoms with van der Waals surface area (Å²) in [5, 5.41) is 8.73. The predicted molar refractivity (Wildman–Crippen MR) is 89.6 cm³/mol. The van der Waals surface area contributed by atoms with Gasteiger partial charge in [0, 0.05) is 21.2 Å². The van der Waals surface area contributed by atoms with E-state index in [2.05, 4.69) is 26.0 Å². The molecule has 0 amide bonds. The van der Waals surface area contributed by atoms with Gasteiger partial charge in [-0.1, -0.05) is 43.7 Å². The number of benzene rings is 1. The first kappa shape index (κ1) is 18.6. The molecule has 0 spiro atoms. The molecule has 0 radical (unpaired) electrons. The first-order chi connectivity index (χ1) is 10.0. The third-order valence-corrected chi connectivity index (χ3v) is 5.72. The van der Waals surface area contributed by atoms with E-state index in [1.165, 1.54) is 5.56 Å². The maximum Gasteiger partial charge on any atom is 0.320 e. The molecular formula is C16H26N2O3S. The largest absolute Gasteiger partial charge is 0.480 e. The Balaban J connectivity index is 2.63. The lowest BCUT2D eigenvalue weighted by molar-refractivity contribution is -0.138. The minimum atomic E-state index is -2.80. The molecule has 1 rings (SSSR count). The zero-order valence-electron chi connectivity index (χ0n) is 13.5. The fourth-order valence-electron chi connectivity index (χ4n) is 2.11. The van der Waals surface area contributed by atoms with Crippen LogP contribution in [-0.4, -0.2) is 32.8 Å². The zero-order chi connectivity index (χ0) is 17.0. The maximum atomic E-state index is 12.3. The molecule has 0 fully saturated rings. The third kappa shape index (κ3) is 5.77. The number of aliphatic carboxylic acids is 1. The fraction of sp³-hybridized carbons (Fsp3) is 0.562. The smallest absolute Gasteiger partial charge is 0.320 e. The zero-order valence-corrected chi connectivity index (χ0v) is 14.3. The van der Waals surface area contributed by atoms with Crippen LogP contribution in [-0.2, 0) is 19.9 Å². The summed E-state index contributed by atoms with van der Waals surface area (Å²) in [6, 6.07) is 7.15. The number of aryl methyl sites for hydroxylation is 1. The molecule has 2 atom stereocenters. The highest BCUT2D eigenvalue weighted by atomic mass is 32.2. The van der Waals surface area contributed by atoms with Crippen LogP contribution in [0.5, 0.6) is 0 Å². The minimum Gasteiger partial charge on any atom is -0.480 e. The minimum absolute atomic E-state index is 0.0322. The van der Waals surface area contributed by atoms with E-state index in [9.17, 15) is 9.00 Å². The van der Waals surface area contributed by atoms with Gasteiger partial charge in [-0.3, -0.25) is 9.57 Å². The molecule has 1 aromatic carbocycles. The average Bonchev–Trinajstić information content (AvgIpc) is 2.43. The lowest BCUT2D eigenvalue weighted by Crippen LogP contribution is -2.32. The number of nitrogens with two attached hydrogens (primary N) is 1. The van der Waals surface area contributed by atoms with Crippen molar-refractivity contribution in [2.24, 2.45) is 5.73 Å². The summed E-state index contributed by atoms with van der Waals surface area (Å²) in [5.41, 5.74) is 7.56. The normalized spacial score (nSPS) is 16.0. The van der Waals surface area contributed by atoms with E-state index in [1.54, 1.807) is 0 Å². The van der Waals surface area contributed by atoms with E-state index in [4.69, 9.17) is 15.6 Å². The molecule has 0 bridgehead atoms. The molecular weight excluding hydrogens is 300 g/mol. The molecule has 0 aliphatic carbocycles. The van der Waals surface area contributed by atoms with E-state index in [1.807, 2.05) is 19.1 Å². The monoisotopic (exact) mass is 326 g/mol. The molecule has 0 aliphatic heterocycles. The van der Waals surface area contributed by atoms with Gasteiger partial charge in [-0.15, -0.1) is 0 Å². The molecule has 6 heteroatoms. The number of carbonyl (C=O) groups is 1. The van der Waals surface area contributed by atoms with Gasteiger partial charge in [0.05, 0.1) is 0 Å². The van der Waals surface area contributed by atoms with Crippen LogP contribution >= 0.6 is 0 Å².